The van der Waals surface area contributed by atoms with Crippen LogP contribution in [0.15, 0.2) is 0 Å². The maximum Gasteiger partial charge on any atom is 0.305 e. The van der Waals surface area contributed by atoms with E-state index in [0.717, 1.165) is 0 Å². The summed E-state index contributed by atoms with van der Waals surface area (Å²) in [6.45, 7) is 4.97. The first-order valence-corrected chi connectivity index (χ1v) is 3.07. The highest BCUT2D eigenvalue weighted by Crippen LogP contribution is 2.18. The van der Waals surface area contributed by atoms with Gasteiger partial charge in [0, 0.05) is 11.4 Å². The first-order chi connectivity index (χ1) is 4.48. The molecule has 0 N–H and O–H groups in total. The van der Waals surface area contributed by atoms with E-state index < -0.39 is 5.41 Å². The maximum absolute atomic E-state index is 10.6. The van der Waals surface area contributed by atoms with Crippen molar-refractivity contribution in [1.82, 2.24) is 0 Å². The molecule has 0 aliphatic rings. The van der Waals surface area contributed by atoms with Crippen LogP contribution in [0.2, 0.25) is 0 Å². The van der Waals surface area contributed by atoms with Crippen LogP contribution >= 0.6 is 0 Å². The number of hydrogen-bond donors (Lipinski definition) is 0. The number of hydrogen-bond acceptors (Lipinski definition) is 2. The SMILES string of the molecule is CC(=O)CC(C)(C)C#[N+][O-]. The van der Waals surface area contributed by atoms with Crippen molar-refractivity contribution in [3.05, 3.63) is 10.2 Å². The third kappa shape index (κ3) is 3.90. The molecule has 0 aromatic carbocycles. The molecule has 0 aromatic heterocycles. The van der Waals surface area contributed by atoms with Crippen LogP contribution in [0.25, 0.3) is 5.01 Å². The average molecular weight is 141 g/mol. The molecule has 0 atom stereocenters. The van der Waals surface area contributed by atoms with Crippen LogP contribution in [0.5, 0.6) is 0 Å². The summed E-state index contributed by atoms with van der Waals surface area (Å²) in [5.74, 6) is 0.0427. The number of carbonyl (C=O) groups is 1. The zero-order chi connectivity index (χ0) is 8.20. The molecule has 0 saturated carbocycles. The Labute approximate surface area is 60.4 Å². The van der Waals surface area contributed by atoms with Gasteiger partial charge >= 0.3 is 6.07 Å². The van der Waals surface area contributed by atoms with E-state index in [1.807, 2.05) is 0 Å². The van der Waals surface area contributed by atoms with Crippen molar-refractivity contribution in [3.8, 4) is 6.07 Å². The fraction of sp³-hybridized carbons (Fsp3) is 0.714. The van der Waals surface area contributed by atoms with Crippen LogP contribution in [0.3, 0.4) is 0 Å². The third-order valence-electron chi connectivity index (χ3n) is 1.04. The largest absolute Gasteiger partial charge is 0.498 e. The summed E-state index contributed by atoms with van der Waals surface area (Å²) in [6.07, 6.45) is 0.318. The Balaban J connectivity index is 4.08. The highest BCUT2D eigenvalue weighted by Gasteiger charge is 2.23. The molecule has 56 valence electrons. The molecule has 0 heterocycles. The van der Waals surface area contributed by atoms with Crippen molar-refractivity contribution in [2.45, 2.75) is 27.2 Å². The Hall–Kier alpha value is -1.04. The van der Waals surface area contributed by atoms with Crippen LogP contribution in [0.4, 0.5) is 0 Å². The Kier molecular flexibility index (Phi) is 2.88. The minimum Gasteiger partial charge on any atom is -0.498 e. The molecule has 0 fully saturated rings. The van der Waals surface area contributed by atoms with E-state index in [-0.39, 0.29) is 5.78 Å². The minimum absolute atomic E-state index is 0.0427. The molecule has 0 aromatic rings. The molecule has 0 bridgehead atoms. The van der Waals surface area contributed by atoms with Gasteiger partial charge in [-0.05, 0) is 20.8 Å². The smallest absolute Gasteiger partial charge is 0.305 e. The molecule has 0 radical (unpaired) electrons. The van der Waals surface area contributed by atoms with E-state index in [1.165, 1.54) is 6.92 Å². The highest BCUT2D eigenvalue weighted by molar-refractivity contribution is 5.76. The Morgan fingerprint density at radius 1 is 1.70 bits per heavy atom. The summed E-state index contributed by atoms with van der Waals surface area (Å²) >= 11 is 0. The maximum atomic E-state index is 10.6. The molecule has 0 saturated heterocycles. The van der Waals surface area contributed by atoms with Crippen molar-refractivity contribution < 1.29 is 4.79 Å². The van der Waals surface area contributed by atoms with E-state index in [1.54, 1.807) is 13.8 Å². The highest BCUT2D eigenvalue weighted by atomic mass is 16.4. The van der Waals surface area contributed by atoms with Crippen molar-refractivity contribution in [3.63, 3.8) is 0 Å². The molecule has 0 spiro atoms. The van der Waals surface area contributed by atoms with E-state index in [9.17, 15) is 10.0 Å². The fourth-order valence-corrected chi connectivity index (χ4v) is 0.785. The fourth-order valence-electron chi connectivity index (χ4n) is 0.785. The van der Waals surface area contributed by atoms with Crippen LogP contribution < -0.4 is 0 Å². The van der Waals surface area contributed by atoms with Crippen molar-refractivity contribution in [2.75, 3.05) is 0 Å². The van der Waals surface area contributed by atoms with E-state index >= 15 is 0 Å². The predicted molar refractivity (Wildman–Crippen MR) is 39.7 cm³/mol. The molecular weight excluding hydrogens is 130 g/mol. The molecule has 0 rings (SSSR count). The second kappa shape index (κ2) is 3.21. The molecule has 0 aliphatic heterocycles. The van der Waals surface area contributed by atoms with Gasteiger partial charge in [0.05, 0.1) is 0 Å². The zero-order valence-electron chi connectivity index (χ0n) is 6.47. The van der Waals surface area contributed by atoms with E-state index in [2.05, 4.69) is 11.1 Å². The lowest BCUT2D eigenvalue weighted by molar-refractivity contribution is -0.118. The van der Waals surface area contributed by atoms with Crippen LogP contribution in [0.1, 0.15) is 27.2 Å². The van der Waals surface area contributed by atoms with Crippen molar-refractivity contribution in [2.24, 2.45) is 5.41 Å². The Morgan fingerprint density at radius 2 is 2.20 bits per heavy atom. The lowest BCUT2D eigenvalue weighted by Crippen LogP contribution is -2.12. The Bertz CT molecular complexity index is 186. The molecule has 3 heteroatoms. The quantitative estimate of drug-likeness (QED) is 0.550. The summed E-state index contributed by atoms with van der Waals surface area (Å²) < 4.78 is 0. The topological polar surface area (TPSA) is 44.5 Å². The summed E-state index contributed by atoms with van der Waals surface area (Å²) in [5.41, 5.74) is -0.506. The van der Waals surface area contributed by atoms with E-state index in [4.69, 9.17) is 0 Å². The molecule has 0 amide bonds. The lowest BCUT2D eigenvalue weighted by Gasteiger charge is -2.06. The van der Waals surface area contributed by atoms with Crippen LogP contribution in [-0.2, 0) is 4.79 Å². The third-order valence-corrected chi connectivity index (χ3v) is 1.04. The number of carbonyl (C=O) groups excluding carboxylic acids is 1. The number of ketones is 1. The lowest BCUT2D eigenvalue weighted by atomic mass is 9.90. The van der Waals surface area contributed by atoms with Crippen LogP contribution in [-0.4, -0.2) is 5.78 Å². The second-order valence-corrected chi connectivity index (χ2v) is 2.97. The van der Waals surface area contributed by atoms with Gasteiger partial charge < -0.3 is 5.21 Å². The first-order valence-electron chi connectivity index (χ1n) is 3.07. The minimum atomic E-state index is -0.506. The zero-order valence-corrected chi connectivity index (χ0v) is 6.47. The van der Waals surface area contributed by atoms with Gasteiger partial charge in [-0.3, -0.25) is 4.79 Å². The molecular formula is C7H11NO2. The van der Waals surface area contributed by atoms with Gasteiger partial charge in [0.1, 0.15) is 11.2 Å². The van der Waals surface area contributed by atoms with Crippen molar-refractivity contribution in [1.29, 1.82) is 0 Å². The summed E-state index contributed by atoms with van der Waals surface area (Å²) in [6, 6.07) is 2.30. The number of nitrogens with zero attached hydrogens (tertiary/aromatic N) is 1. The van der Waals surface area contributed by atoms with Gasteiger partial charge in [0.2, 0.25) is 0 Å². The molecule has 0 aliphatic carbocycles. The van der Waals surface area contributed by atoms with Gasteiger partial charge in [0.25, 0.3) is 0 Å². The van der Waals surface area contributed by atoms with Gasteiger partial charge in [-0.2, -0.15) is 0 Å². The number of rotatable bonds is 2. The summed E-state index contributed by atoms with van der Waals surface area (Å²) in [4.78, 5) is 10.6. The second-order valence-electron chi connectivity index (χ2n) is 2.97. The van der Waals surface area contributed by atoms with Gasteiger partial charge in [-0.15, -0.1) is 0 Å². The number of Topliss-reactive ketones (excluding diaryl/α,β-unsaturated/α-hetero) is 1. The van der Waals surface area contributed by atoms with E-state index in [0.29, 0.717) is 6.42 Å². The summed E-state index contributed by atoms with van der Waals surface area (Å²) in [7, 11) is 0. The van der Waals surface area contributed by atoms with Gasteiger partial charge in [-0.1, -0.05) is 0 Å². The molecule has 10 heavy (non-hydrogen) atoms. The van der Waals surface area contributed by atoms with Gasteiger partial charge in [-0.25, -0.2) is 0 Å². The van der Waals surface area contributed by atoms with Crippen LogP contribution in [0, 0.1) is 16.7 Å². The normalized spacial score (nSPS) is 9.90. The van der Waals surface area contributed by atoms with Gasteiger partial charge in [0.15, 0.2) is 0 Å². The predicted octanol–water partition coefficient (Wildman–Crippen LogP) is 1.82. The molecule has 0 unspecified atom stereocenters. The Morgan fingerprint density at radius 3 is 2.50 bits per heavy atom. The standard InChI is InChI=1S/C7H11NO2/c1-6(9)4-7(2,3)5-8-10/h4H2,1-3H3. The average Bonchev–Trinajstić information content (AvgIpc) is 1.59. The summed E-state index contributed by atoms with van der Waals surface area (Å²) in [5, 5.41) is 12.2. The van der Waals surface area contributed by atoms with Crippen molar-refractivity contribution >= 4 is 5.78 Å². The monoisotopic (exact) mass is 141 g/mol. The molecule has 3 nitrogen and oxygen atoms in total. The first kappa shape index (κ1) is 8.96.